The van der Waals surface area contributed by atoms with Gasteiger partial charge in [0, 0.05) is 23.9 Å². The van der Waals surface area contributed by atoms with E-state index in [2.05, 4.69) is 48.3 Å². The maximum absolute atomic E-state index is 11.2. The number of hydrogen-bond donors (Lipinski definition) is 2. The summed E-state index contributed by atoms with van der Waals surface area (Å²) in [6.45, 7) is 4.38. The van der Waals surface area contributed by atoms with Gasteiger partial charge in [-0.1, -0.05) is 37.3 Å². The third kappa shape index (κ3) is 2.95. The number of aromatic nitrogens is 1. The van der Waals surface area contributed by atoms with Crippen LogP contribution in [0, 0.1) is 35.0 Å². The van der Waals surface area contributed by atoms with Gasteiger partial charge in [0.05, 0.1) is 23.4 Å². The molecule has 3 aliphatic carbocycles. The topological polar surface area (TPSA) is 89.6 Å². The largest absolute Gasteiger partial charge is 0.388 e. The van der Waals surface area contributed by atoms with Gasteiger partial charge in [0.25, 0.3) is 0 Å². The SMILES string of the molecule is Cc1ncccc1C=CC1=CCC2C1(C)CCC1(C#N)C=C3C(O)C(O)C(N(C)C)CC34CCC21O4. The summed E-state index contributed by atoms with van der Waals surface area (Å²) in [5, 5.41) is 32.8. The second kappa shape index (κ2) is 7.85. The van der Waals surface area contributed by atoms with Crippen molar-refractivity contribution in [2.24, 2.45) is 16.7 Å². The number of fused-ring (bicyclic) bond motifs is 1. The van der Waals surface area contributed by atoms with Gasteiger partial charge in [0.1, 0.15) is 11.5 Å². The Bertz CT molecular complexity index is 1230. The van der Waals surface area contributed by atoms with Crippen LogP contribution in [0.5, 0.6) is 0 Å². The summed E-state index contributed by atoms with van der Waals surface area (Å²) in [5.41, 5.74) is 2.12. The molecule has 2 N–H and O–H groups in total. The lowest BCUT2D eigenvalue weighted by molar-refractivity contribution is -0.224. The van der Waals surface area contributed by atoms with Gasteiger partial charge >= 0.3 is 0 Å². The molecular weight excluding hydrogens is 450 g/mol. The standard InChI is InChI=1S/C30H37N3O3/c1-19-20(6-5-15-32-19)7-8-21-9-10-24-27(21,2)11-12-28(18-31)16-22-25(34)26(35)23(33(3)4)17-29(22)13-14-30(24,28)36-29/h5-9,15-16,23-26,34-35H,10-14,17H2,1-4H3. The van der Waals surface area contributed by atoms with Crippen LogP contribution in [0.4, 0.5) is 0 Å². The molecule has 6 nitrogen and oxygen atoms in total. The van der Waals surface area contributed by atoms with Crippen LogP contribution in [0.2, 0.25) is 0 Å². The van der Waals surface area contributed by atoms with Crippen molar-refractivity contribution >= 4 is 6.08 Å². The van der Waals surface area contributed by atoms with Crippen molar-refractivity contribution in [3.63, 3.8) is 0 Å². The zero-order valence-corrected chi connectivity index (χ0v) is 21.7. The van der Waals surface area contributed by atoms with E-state index in [0.29, 0.717) is 12.8 Å². The number of hydrogen-bond acceptors (Lipinski definition) is 6. The van der Waals surface area contributed by atoms with Crippen LogP contribution in [0.15, 0.2) is 47.7 Å². The smallest absolute Gasteiger partial charge is 0.105 e. The van der Waals surface area contributed by atoms with Gasteiger partial charge in [-0.3, -0.25) is 4.98 Å². The van der Waals surface area contributed by atoms with Crippen LogP contribution in [-0.2, 0) is 4.74 Å². The Morgan fingerprint density at radius 3 is 2.72 bits per heavy atom. The molecule has 2 spiro atoms. The molecule has 0 amide bonds. The first-order valence-corrected chi connectivity index (χ1v) is 13.3. The number of aliphatic hydroxyl groups excluding tert-OH is 2. The third-order valence-electron chi connectivity index (χ3n) is 10.5. The number of aliphatic hydroxyl groups is 2. The summed E-state index contributed by atoms with van der Waals surface area (Å²) in [7, 11) is 3.89. The Labute approximate surface area is 214 Å². The van der Waals surface area contributed by atoms with Crippen LogP contribution in [-0.4, -0.2) is 63.6 Å². The molecule has 2 saturated carbocycles. The quantitative estimate of drug-likeness (QED) is 0.628. The number of ether oxygens (including phenoxy) is 1. The number of nitriles is 1. The Hall–Kier alpha value is -2.30. The molecule has 36 heavy (non-hydrogen) atoms. The summed E-state index contributed by atoms with van der Waals surface area (Å²) in [5.74, 6) is 0.187. The van der Waals surface area contributed by atoms with E-state index in [1.807, 2.05) is 38.2 Å². The number of nitrogens with zero attached hydrogens (tertiary/aromatic N) is 3. The minimum atomic E-state index is -1.01. The molecule has 1 aromatic rings. The Balaban J connectivity index is 1.40. The molecule has 2 aliphatic heterocycles. The predicted molar refractivity (Wildman–Crippen MR) is 138 cm³/mol. The second-order valence-electron chi connectivity index (χ2n) is 12.2. The Kier molecular flexibility index (Phi) is 5.25. The lowest BCUT2D eigenvalue weighted by atomic mass is 9.49. The zero-order chi connectivity index (χ0) is 25.5. The molecular formula is C30H37N3O3. The number of aryl methyl sites for hydroxylation is 1. The molecule has 6 rings (SSSR count). The van der Waals surface area contributed by atoms with Crippen molar-refractivity contribution in [2.45, 2.75) is 81.8 Å². The molecule has 3 fully saturated rings. The number of rotatable bonds is 3. The van der Waals surface area contributed by atoms with Gasteiger partial charge in [0.15, 0.2) is 0 Å². The van der Waals surface area contributed by atoms with E-state index >= 15 is 0 Å². The molecule has 2 bridgehead atoms. The minimum absolute atomic E-state index is 0.0857. The van der Waals surface area contributed by atoms with E-state index in [1.165, 1.54) is 5.57 Å². The summed E-state index contributed by atoms with van der Waals surface area (Å²) in [4.78, 5) is 6.41. The molecule has 1 saturated heterocycles. The molecule has 3 heterocycles. The first kappa shape index (κ1) is 24.1. The zero-order valence-electron chi connectivity index (χ0n) is 21.7. The van der Waals surface area contributed by atoms with Crippen molar-refractivity contribution in [3.05, 3.63) is 59.0 Å². The maximum Gasteiger partial charge on any atom is 0.105 e. The van der Waals surface area contributed by atoms with Crippen molar-refractivity contribution in [2.75, 3.05) is 14.1 Å². The van der Waals surface area contributed by atoms with Gasteiger partial charge in [-0.25, -0.2) is 0 Å². The lowest BCUT2D eigenvalue weighted by Gasteiger charge is -2.61. The van der Waals surface area contributed by atoms with Gasteiger partial charge < -0.3 is 19.8 Å². The highest BCUT2D eigenvalue weighted by Crippen LogP contribution is 2.72. The summed E-state index contributed by atoms with van der Waals surface area (Å²) >= 11 is 0. The van der Waals surface area contributed by atoms with Crippen molar-refractivity contribution in [3.8, 4) is 6.07 Å². The van der Waals surface area contributed by atoms with E-state index in [4.69, 9.17) is 4.74 Å². The molecule has 5 aliphatic rings. The predicted octanol–water partition coefficient (Wildman–Crippen LogP) is 3.94. The van der Waals surface area contributed by atoms with Gasteiger partial charge in [-0.2, -0.15) is 5.26 Å². The van der Waals surface area contributed by atoms with Crippen LogP contribution in [0.25, 0.3) is 6.08 Å². The van der Waals surface area contributed by atoms with Crippen molar-refractivity contribution in [1.29, 1.82) is 5.26 Å². The molecule has 190 valence electrons. The average molecular weight is 488 g/mol. The van der Waals surface area contributed by atoms with E-state index in [-0.39, 0.29) is 17.4 Å². The highest BCUT2D eigenvalue weighted by Gasteiger charge is 2.74. The second-order valence-corrected chi connectivity index (χ2v) is 12.2. The van der Waals surface area contributed by atoms with Crippen LogP contribution >= 0.6 is 0 Å². The fraction of sp³-hybridized carbons (Fsp3) is 0.600. The summed E-state index contributed by atoms with van der Waals surface area (Å²) in [6, 6.07) is 6.56. The molecule has 0 radical (unpaired) electrons. The fourth-order valence-corrected chi connectivity index (χ4v) is 8.39. The lowest BCUT2D eigenvalue weighted by Crippen LogP contribution is -2.66. The number of pyridine rings is 1. The summed E-state index contributed by atoms with van der Waals surface area (Å²) < 4.78 is 7.23. The van der Waals surface area contributed by atoms with Gasteiger partial charge in [0.2, 0.25) is 0 Å². The number of likely N-dealkylation sites (N-methyl/N-ethyl adjacent to an activating group) is 1. The monoisotopic (exact) mass is 487 g/mol. The number of allylic oxidation sites excluding steroid dienone is 3. The van der Waals surface area contributed by atoms with E-state index in [1.54, 1.807) is 0 Å². The molecule has 1 aromatic heterocycles. The van der Waals surface area contributed by atoms with E-state index < -0.39 is 28.8 Å². The first-order chi connectivity index (χ1) is 17.1. The summed E-state index contributed by atoms with van der Waals surface area (Å²) in [6.07, 6.45) is 13.4. The van der Waals surface area contributed by atoms with Crippen LogP contribution < -0.4 is 0 Å². The first-order valence-electron chi connectivity index (χ1n) is 13.3. The molecule has 6 heteroatoms. The highest BCUT2D eigenvalue weighted by atomic mass is 16.5. The molecule has 8 atom stereocenters. The Morgan fingerprint density at radius 2 is 2.00 bits per heavy atom. The van der Waals surface area contributed by atoms with Gasteiger partial charge in [-0.15, -0.1) is 0 Å². The third-order valence-corrected chi connectivity index (χ3v) is 10.5. The highest BCUT2D eigenvalue weighted by molar-refractivity contribution is 5.57. The maximum atomic E-state index is 11.2. The van der Waals surface area contributed by atoms with E-state index in [0.717, 1.165) is 42.5 Å². The van der Waals surface area contributed by atoms with Crippen LogP contribution in [0.1, 0.15) is 56.7 Å². The van der Waals surface area contributed by atoms with Crippen LogP contribution in [0.3, 0.4) is 0 Å². The Morgan fingerprint density at radius 1 is 1.19 bits per heavy atom. The van der Waals surface area contributed by atoms with E-state index in [9.17, 15) is 15.5 Å². The normalized spacial score (nSPS) is 45.1. The molecule has 0 aromatic carbocycles. The fourth-order valence-electron chi connectivity index (χ4n) is 8.39. The van der Waals surface area contributed by atoms with Crippen molar-refractivity contribution < 1.29 is 14.9 Å². The average Bonchev–Trinajstić information content (AvgIpc) is 3.37. The molecule has 8 unspecified atom stereocenters. The minimum Gasteiger partial charge on any atom is -0.388 e. The van der Waals surface area contributed by atoms with Gasteiger partial charge in [-0.05, 0) is 87.7 Å². The van der Waals surface area contributed by atoms with Crippen molar-refractivity contribution in [1.82, 2.24) is 9.88 Å².